The lowest BCUT2D eigenvalue weighted by Crippen LogP contribution is -2.43. The van der Waals surface area contributed by atoms with Gasteiger partial charge in [0.15, 0.2) is 5.13 Å². The molecular formula is C23H27N3O3S. The van der Waals surface area contributed by atoms with Crippen LogP contribution in [0, 0.1) is 6.92 Å². The number of carbonyl (C=O) groups excluding carboxylic acids is 1. The number of carbonyl (C=O) groups is 1. The first kappa shape index (κ1) is 20.8. The smallest absolute Gasteiger partial charge is 0.260 e. The zero-order valence-corrected chi connectivity index (χ0v) is 18.3. The number of nitrogens with zero attached hydrogens (tertiary/aromatic N) is 3. The van der Waals surface area contributed by atoms with Crippen molar-refractivity contribution in [1.29, 1.82) is 0 Å². The minimum Gasteiger partial charge on any atom is -0.492 e. The highest BCUT2D eigenvalue weighted by Gasteiger charge is 2.23. The molecule has 1 amide bonds. The van der Waals surface area contributed by atoms with Crippen LogP contribution in [-0.4, -0.2) is 61.8 Å². The molecule has 1 saturated heterocycles. The third-order valence-electron chi connectivity index (χ3n) is 5.19. The monoisotopic (exact) mass is 425 g/mol. The van der Waals surface area contributed by atoms with E-state index >= 15 is 0 Å². The molecule has 1 fully saturated rings. The van der Waals surface area contributed by atoms with E-state index in [0.29, 0.717) is 23.8 Å². The van der Waals surface area contributed by atoms with E-state index in [0.717, 1.165) is 54.4 Å². The highest BCUT2D eigenvalue weighted by atomic mass is 32.1. The van der Waals surface area contributed by atoms with Crippen LogP contribution in [0.3, 0.4) is 0 Å². The van der Waals surface area contributed by atoms with Crippen molar-refractivity contribution in [2.45, 2.75) is 13.8 Å². The van der Waals surface area contributed by atoms with Gasteiger partial charge in [-0.2, -0.15) is 0 Å². The number of fused-ring (bicyclic) bond motifs is 1. The molecule has 0 atom stereocenters. The first-order valence-electron chi connectivity index (χ1n) is 10.4. The normalized spacial score (nSPS) is 14.7. The molecule has 6 nitrogen and oxygen atoms in total. The number of benzene rings is 2. The second-order valence-electron chi connectivity index (χ2n) is 7.31. The van der Waals surface area contributed by atoms with Gasteiger partial charge in [0.2, 0.25) is 0 Å². The lowest BCUT2D eigenvalue weighted by molar-refractivity contribution is 0.0391. The number of ether oxygens (including phenoxy) is 2. The van der Waals surface area contributed by atoms with Gasteiger partial charge in [-0.25, -0.2) is 4.98 Å². The highest BCUT2D eigenvalue weighted by molar-refractivity contribution is 7.22. The fourth-order valence-electron chi connectivity index (χ4n) is 3.50. The molecule has 0 N–H and O–H groups in total. The van der Waals surface area contributed by atoms with Gasteiger partial charge in [-0.3, -0.25) is 14.6 Å². The predicted octanol–water partition coefficient (Wildman–Crippen LogP) is 3.98. The van der Waals surface area contributed by atoms with Crippen LogP contribution in [0.5, 0.6) is 5.75 Å². The number of aromatic nitrogens is 1. The lowest BCUT2D eigenvalue weighted by atomic mass is 10.1. The summed E-state index contributed by atoms with van der Waals surface area (Å²) in [6.07, 6.45) is 0. The van der Waals surface area contributed by atoms with E-state index in [1.54, 1.807) is 4.90 Å². The molecule has 1 aromatic heterocycles. The van der Waals surface area contributed by atoms with Gasteiger partial charge in [0.05, 0.1) is 24.5 Å². The Labute approximate surface area is 181 Å². The molecule has 1 aliphatic heterocycles. The van der Waals surface area contributed by atoms with Gasteiger partial charge in [0.1, 0.15) is 11.3 Å². The molecule has 0 aliphatic carbocycles. The van der Waals surface area contributed by atoms with Crippen molar-refractivity contribution in [3.05, 3.63) is 53.6 Å². The number of amides is 1. The Balaban J connectivity index is 1.65. The van der Waals surface area contributed by atoms with Gasteiger partial charge in [-0.1, -0.05) is 35.1 Å². The number of thiazole rings is 1. The van der Waals surface area contributed by atoms with Gasteiger partial charge in [0, 0.05) is 31.7 Å². The van der Waals surface area contributed by atoms with Crippen molar-refractivity contribution in [1.82, 2.24) is 9.88 Å². The van der Waals surface area contributed by atoms with Crippen molar-refractivity contribution in [3.8, 4) is 5.75 Å². The Morgan fingerprint density at radius 1 is 1.20 bits per heavy atom. The predicted molar refractivity (Wildman–Crippen MR) is 121 cm³/mol. The third kappa shape index (κ3) is 4.64. The van der Waals surface area contributed by atoms with Crippen molar-refractivity contribution >= 4 is 32.6 Å². The standard InChI is InChI=1S/C23H27N3O3S/c1-3-29-19-5-4-6-20-21(19)24-23(30-20)26(12-11-25-13-15-28-16-14-25)22(27)18-9-7-17(2)8-10-18/h4-10H,3,11-16H2,1-2H3. The Kier molecular flexibility index (Phi) is 6.62. The number of morpholine rings is 1. The molecule has 0 bridgehead atoms. The summed E-state index contributed by atoms with van der Waals surface area (Å²) in [5.41, 5.74) is 2.62. The summed E-state index contributed by atoms with van der Waals surface area (Å²) in [5, 5.41) is 0.705. The van der Waals surface area contributed by atoms with E-state index in [-0.39, 0.29) is 5.91 Å². The van der Waals surface area contributed by atoms with E-state index in [9.17, 15) is 4.79 Å². The molecule has 0 unspecified atom stereocenters. The van der Waals surface area contributed by atoms with Crippen molar-refractivity contribution in [2.75, 3.05) is 50.9 Å². The fourth-order valence-corrected chi connectivity index (χ4v) is 4.51. The summed E-state index contributed by atoms with van der Waals surface area (Å²) < 4.78 is 12.2. The molecule has 158 valence electrons. The summed E-state index contributed by atoms with van der Waals surface area (Å²) >= 11 is 1.53. The molecule has 0 saturated carbocycles. The Hall–Kier alpha value is -2.48. The van der Waals surface area contributed by atoms with Crippen LogP contribution in [0.4, 0.5) is 5.13 Å². The summed E-state index contributed by atoms with van der Waals surface area (Å²) in [7, 11) is 0. The van der Waals surface area contributed by atoms with Gasteiger partial charge in [0.25, 0.3) is 5.91 Å². The zero-order chi connectivity index (χ0) is 20.9. The number of rotatable bonds is 7. The summed E-state index contributed by atoms with van der Waals surface area (Å²) in [4.78, 5) is 22.4. The highest BCUT2D eigenvalue weighted by Crippen LogP contribution is 2.34. The molecule has 7 heteroatoms. The topological polar surface area (TPSA) is 54.9 Å². The van der Waals surface area contributed by atoms with Crippen molar-refractivity contribution in [2.24, 2.45) is 0 Å². The van der Waals surface area contributed by atoms with Crippen LogP contribution in [0.15, 0.2) is 42.5 Å². The van der Waals surface area contributed by atoms with Gasteiger partial charge >= 0.3 is 0 Å². The van der Waals surface area contributed by atoms with Crippen LogP contribution in [0.2, 0.25) is 0 Å². The fraction of sp³-hybridized carbons (Fsp3) is 0.391. The van der Waals surface area contributed by atoms with Gasteiger partial charge in [-0.05, 0) is 38.1 Å². The van der Waals surface area contributed by atoms with Crippen LogP contribution >= 0.6 is 11.3 Å². The minimum atomic E-state index is -0.0275. The van der Waals surface area contributed by atoms with Crippen LogP contribution in [-0.2, 0) is 4.74 Å². The Bertz CT molecular complexity index is 997. The molecule has 2 aromatic carbocycles. The van der Waals surface area contributed by atoms with Crippen LogP contribution in [0.25, 0.3) is 10.2 Å². The molecule has 1 aliphatic rings. The maximum atomic E-state index is 13.4. The molecule has 0 spiro atoms. The summed E-state index contributed by atoms with van der Waals surface area (Å²) in [5.74, 6) is 0.730. The maximum Gasteiger partial charge on any atom is 0.260 e. The Morgan fingerprint density at radius 2 is 1.97 bits per heavy atom. The first-order chi connectivity index (χ1) is 14.7. The SMILES string of the molecule is CCOc1cccc2sc(N(CCN3CCOCC3)C(=O)c3ccc(C)cc3)nc12. The van der Waals surface area contributed by atoms with Crippen LogP contribution in [0.1, 0.15) is 22.8 Å². The molecule has 30 heavy (non-hydrogen) atoms. The maximum absolute atomic E-state index is 13.4. The second kappa shape index (κ2) is 9.55. The molecule has 2 heterocycles. The number of hydrogen-bond donors (Lipinski definition) is 0. The van der Waals surface area contributed by atoms with E-state index in [2.05, 4.69) is 4.90 Å². The minimum absolute atomic E-state index is 0.0275. The number of anilines is 1. The first-order valence-corrected chi connectivity index (χ1v) is 11.2. The largest absolute Gasteiger partial charge is 0.492 e. The summed E-state index contributed by atoms with van der Waals surface area (Å²) in [6, 6.07) is 13.6. The average molecular weight is 426 g/mol. The summed E-state index contributed by atoms with van der Waals surface area (Å²) in [6.45, 7) is 9.19. The second-order valence-corrected chi connectivity index (χ2v) is 8.32. The van der Waals surface area contributed by atoms with Gasteiger partial charge in [-0.15, -0.1) is 0 Å². The quantitative estimate of drug-likeness (QED) is 0.573. The number of hydrogen-bond acceptors (Lipinski definition) is 6. The molecule has 0 radical (unpaired) electrons. The van der Waals surface area contributed by atoms with E-state index in [1.165, 1.54) is 11.3 Å². The van der Waals surface area contributed by atoms with E-state index in [1.807, 2.05) is 56.3 Å². The van der Waals surface area contributed by atoms with Crippen molar-refractivity contribution in [3.63, 3.8) is 0 Å². The van der Waals surface area contributed by atoms with E-state index < -0.39 is 0 Å². The molecule has 4 rings (SSSR count). The molecular weight excluding hydrogens is 398 g/mol. The third-order valence-corrected chi connectivity index (χ3v) is 6.23. The number of para-hydroxylation sites is 1. The zero-order valence-electron chi connectivity index (χ0n) is 17.5. The lowest BCUT2D eigenvalue weighted by Gasteiger charge is -2.29. The van der Waals surface area contributed by atoms with E-state index in [4.69, 9.17) is 14.5 Å². The van der Waals surface area contributed by atoms with Crippen molar-refractivity contribution < 1.29 is 14.3 Å². The van der Waals surface area contributed by atoms with Gasteiger partial charge < -0.3 is 9.47 Å². The van der Waals surface area contributed by atoms with Crippen LogP contribution < -0.4 is 9.64 Å². The average Bonchev–Trinajstić information content (AvgIpc) is 3.20. The molecule has 3 aromatic rings. The number of aryl methyl sites for hydroxylation is 1. The Morgan fingerprint density at radius 3 is 2.70 bits per heavy atom.